The Morgan fingerprint density at radius 3 is 2.24 bits per heavy atom. The molecular formula is C27H33ClN2O5S2. The topological polar surface area (TPSA) is 113 Å². The van der Waals surface area contributed by atoms with Crippen LogP contribution in [0.25, 0.3) is 11.1 Å². The van der Waals surface area contributed by atoms with Crippen molar-refractivity contribution in [3.63, 3.8) is 0 Å². The van der Waals surface area contributed by atoms with E-state index in [1.165, 1.54) is 6.26 Å². The minimum atomic E-state index is -3.26. The van der Waals surface area contributed by atoms with Gasteiger partial charge < -0.3 is 5.32 Å². The number of carbonyl (C=O) groups is 1. The van der Waals surface area contributed by atoms with Crippen molar-refractivity contribution >= 4 is 38.9 Å². The van der Waals surface area contributed by atoms with Crippen molar-refractivity contribution in [1.29, 1.82) is 0 Å². The molecule has 0 aromatic heterocycles. The number of hydrogen-bond acceptors (Lipinski definition) is 6. The fourth-order valence-corrected chi connectivity index (χ4v) is 7.42. The first-order valence-corrected chi connectivity index (χ1v) is 15.8. The lowest BCUT2D eigenvalue weighted by Crippen LogP contribution is -2.26. The minimum Gasteiger partial charge on any atom is -0.348 e. The summed E-state index contributed by atoms with van der Waals surface area (Å²) in [5.41, 5.74) is 4.47. The Kier molecular flexibility index (Phi) is 8.27. The van der Waals surface area contributed by atoms with Gasteiger partial charge in [-0.3, -0.25) is 23.0 Å². The van der Waals surface area contributed by atoms with E-state index in [1.807, 2.05) is 38.1 Å². The van der Waals surface area contributed by atoms with Crippen molar-refractivity contribution < 1.29 is 23.0 Å². The molecule has 1 heterocycles. The van der Waals surface area contributed by atoms with Crippen LogP contribution < -0.4 is 5.32 Å². The zero-order chi connectivity index (χ0) is 27.0. The zero-order valence-corrected chi connectivity index (χ0v) is 23.5. The van der Waals surface area contributed by atoms with Gasteiger partial charge in [-0.1, -0.05) is 47.5 Å². The quantitative estimate of drug-likeness (QED) is 0.204. The number of rotatable bonds is 7. The van der Waals surface area contributed by atoms with Gasteiger partial charge in [0.05, 0.1) is 14.8 Å². The van der Waals surface area contributed by atoms with Crippen LogP contribution in [0.4, 0.5) is 0 Å². The van der Waals surface area contributed by atoms with Crippen LogP contribution in [0.15, 0.2) is 64.4 Å². The van der Waals surface area contributed by atoms with E-state index in [0.29, 0.717) is 29.1 Å². The normalized spacial score (nSPS) is 15.6. The van der Waals surface area contributed by atoms with Crippen LogP contribution in [0.5, 0.6) is 0 Å². The Balaban J connectivity index is 1.70. The summed E-state index contributed by atoms with van der Waals surface area (Å²) in [6, 6.07) is 16.1. The third-order valence-electron chi connectivity index (χ3n) is 6.59. The first-order valence-electron chi connectivity index (χ1n) is 11.9. The molecule has 0 aliphatic carbocycles. The molecule has 0 unspecified atom stereocenters. The van der Waals surface area contributed by atoms with E-state index < -0.39 is 21.4 Å². The van der Waals surface area contributed by atoms with Gasteiger partial charge in [0.1, 0.15) is 0 Å². The molecule has 200 valence electrons. The lowest BCUT2D eigenvalue weighted by Gasteiger charge is -2.41. The maximum Gasteiger partial charge on any atom is 0.251 e. The summed E-state index contributed by atoms with van der Waals surface area (Å²) in [6.45, 7) is 5.16. The van der Waals surface area contributed by atoms with Gasteiger partial charge in [0.2, 0.25) is 0 Å². The molecule has 0 radical (unpaired) electrons. The number of amides is 1. The molecule has 7 nitrogen and oxygen atoms in total. The number of carbonyl (C=O) groups excluding carboxylic acids is 1. The molecule has 1 fully saturated rings. The molecule has 3 aromatic rings. The molecule has 0 atom stereocenters. The van der Waals surface area contributed by atoms with Gasteiger partial charge in [-0.25, -0.2) is 4.31 Å². The largest absolute Gasteiger partial charge is 0.348 e. The maximum atomic E-state index is 13.4. The lowest BCUT2D eigenvalue weighted by atomic mass is 9.95. The van der Waals surface area contributed by atoms with Gasteiger partial charge in [-0.15, -0.1) is 10.8 Å². The van der Waals surface area contributed by atoms with Crippen LogP contribution >= 0.6 is 33.0 Å². The molecule has 0 bridgehead atoms. The molecule has 0 spiro atoms. The first kappa shape index (κ1) is 27.9. The lowest BCUT2D eigenvalue weighted by molar-refractivity contribution is 0.0950. The predicted molar refractivity (Wildman–Crippen MR) is 153 cm³/mol. The van der Waals surface area contributed by atoms with Crippen molar-refractivity contribution in [2.24, 2.45) is 0 Å². The molecule has 0 saturated carbocycles. The van der Waals surface area contributed by atoms with Gasteiger partial charge in [0.15, 0.2) is 0 Å². The number of halogens is 1. The molecular weight excluding hydrogens is 532 g/mol. The summed E-state index contributed by atoms with van der Waals surface area (Å²) in [5.74, 6) is -0.371. The second-order valence-corrected chi connectivity index (χ2v) is 14.0. The van der Waals surface area contributed by atoms with E-state index in [2.05, 4.69) is 5.32 Å². The molecule has 1 amide bonds. The number of hydrogen-bond donors (Lipinski definition) is 5. The molecule has 5 N–H and O–H groups in total. The predicted octanol–water partition coefficient (Wildman–Crippen LogP) is 7.41. The standard InChI is InChI=1S/C27H33ClN2O5S2/c1-18-6-9-21(10-7-18)23-15-22(37(34,35)30-12-4-5-13-30)16-24(19(23)2)27(31)29-17-20-8-11-25(28)26(14-20)36(3,32)33/h6-11,14-16,32-35H,4-5,12-13,17H2,1-3H3,(H,29,31). The Labute approximate surface area is 226 Å². The highest BCUT2D eigenvalue weighted by atomic mass is 35.5. The molecule has 1 saturated heterocycles. The summed E-state index contributed by atoms with van der Waals surface area (Å²) in [5, 5.41) is 3.13. The highest BCUT2D eigenvalue weighted by Gasteiger charge is 2.30. The molecule has 10 heteroatoms. The van der Waals surface area contributed by atoms with Gasteiger partial charge >= 0.3 is 0 Å². The molecule has 37 heavy (non-hydrogen) atoms. The average Bonchev–Trinajstić information content (AvgIpc) is 3.39. The van der Waals surface area contributed by atoms with E-state index in [9.17, 15) is 23.0 Å². The second-order valence-electron chi connectivity index (χ2n) is 9.45. The Morgan fingerprint density at radius 2 is 1.62 bits per heavy atom. The van der Waals surface area contributed by atoms with Gasteiger partial charge in [-0.05, 0) is 73.2 Å². The Bertz CT molecular complexity index is 1300. The maximum absolute atomic E-state index is 13.4. The number of aryl methyl sites for hydroxylation is 1. The third kappa shape index (κ3) is 6.16. The summed E-state index contributed by atoms with van der Waals surface area (Å²) in [6.07, 6.45) is 3.09. The highest BCUT2D eigenvalue weighted by Crippen LogP contribution is 2.54. The van der Waals surface area contributed by atoms with Crippen molar-refractivity contribution in [3.8, 4) is 11.1 Å². The van der Waals surface area contributed by atoms with Crippen LogP contribution in [0, 0.1) is 13.8 Å². The molecule has 1 aliphatic rings. The van der Waals surface area contributed by atoms with E-state index in [4.69, 9.17) is 11.6 Å². The zero-order valence-electron chi connectivity index (χ0n) is 21.1. The van der Waals surface area contributed by atoms with E-state index >= 15 is 0 Å². The summed E-state index contributed by atoms with van der Waals surface area (Å²) in [4.78, 5) is 14.0. The Morgan fingerprint density at radius 1 is 0.973 bits per heavy atom. The number of nitrogens with one attached hydrogen (secondary N) is 1. The van der Waals surface area contributed by atoms with Crippen LogP contribution in [0.2, 0.25) is 5.02 Å². The van der Waals surface area contributed by atoms with Crippen LogP contribution in [-0.4, -0.2) is 47.8 Å². The van der Waals surface area contributed by atoms with Gasteiger partial charge in [-0.2, -0.15) is 10.6 Å². The van der Waals surface area contributed by atoms with Gasteiger partial charge in [0.25, 0.3) is 5.91 Å². The second kappa shape index (κ2) is 11.0. The molecule has 3 aromatic carbocycles. The Hall–Kier alpha value is -2.08. The summed E-state index contributed by atoms with van der Waals surface area (Å²) in [7, 11) is -6.28. The third-order valence-corrected chi connectivity index (χ3v) is 10.2. The smallest absolute Gasteiger partial charge is 0.251 e. The van der Waals surface area contributed by atoms with Crippen molar-refractivity contribution in [3.05, 3.63) is 81.9 Å². The summed E-state index contributed by atoms with van der Waals surface area (Å²) < 4.78 is 44.2. The highest BCUT2D eigenvalue weighted by molar-refractivity contribution is 8.23. The van der Waals surface area contributed by atoms with Crippen LogP contribution in [0.3, 0.4) is 0 Å². The van der Waals surface area contributed by atoms with Crippen LogP contribution in [0.1, 0.15) is 39.9 Å². The van der Waals surface area contributed by atoms with Crippen molar-refractivity contribution in [1.82, 2.24) is 9.62 Å². The minimum absolute atomic E-state index is 0.129. The van der Waals surface area contributed by atoms with E-state index in [1.54, 1.807) is 34.6 Å². The van der Waals surface area contributed by atoms with E-state index in [-0.39, 0.29) is 22.4 Å². The van der Waals surface area contributed by atoms with Crippen molar-refractivity contribution in [2.75, 3.05) is 19.3 Å². The SMILES string of the molecule is Cc1ccc(-c2cc(S(O)(O)N3CCCC3)cc(C(=O)NCc3ccc(Cl)c(S(C)(O)O)c3)c2C)cc1. The monoisotopic (exact) mass is 564 g/mol. The molecule has 4 rings (SSSR count). The van der Waals surface area contributed by atoms with E-state index in [0.717, 1.165) is 35.1 Å². The van der Waals surface area contributed by atoms with Crippen molar-refractivity contribution in [2.45, 2.75) is 43.0 Å². The fraction of sp³-hybridized carbons (Fsp3) is 0.296. The molecule has 1 aliphatic heterocycles. The van der Waals surface area contributed by atoms with Gasteiger partial charge in [0, 0.05) is 31.5 Å². The number of benzene rings is 3. The fourth-order valence-electron chi connectivity index (χ4n) is 4.44. The van der Waals surface area contributed by atoms with Crippen LogP contribution in [-0.2, 0) is 6.54 Å². The summed E-state index contributed by atoms with van der Waals surface area (Å²) >= 11 is 6.12. The number of nitrogens with zero attached hydrogens (tertiary/aromatic N) is 1. The average molecular weight is 565 g/mol. The first-order chi connectivity index (χ1) is 17.4.